The Balaban J connectivity index is 0.000000194. The van der Waals surface area contributed by atoms with E-state index in [1.54, 1.807) is 0 Å². The largest absolute Gasteiger partial charge is 0.465 e. The zero-order valence-electron chi connectivity index (χ0n) is 12.1. The second-order valence-electron chi connectivity index (χ2n) is 5.48. The van der Waals surface area contributed by atoms with E-state index < -0.39 is 11.9 Å². The molecule has 3 atom stereocenters. The summed E-state index contributed by atoms with van der Waals surface area (Å²) < 4.78 is 9.22. The molecular weight excluding hydrogens is 272 g/mol. The minimum Gasteiger partial charge on any atom is -0.465 e. The summed E-state index contributed by atoms with van der Waals surface area (Å²) >= 11 is 0. The van der Waals surface area contributed by atoms with Crippen molar-refractivity contribution in [1.82, 2.24) is 0 Å². The van der Waals surface area contributed by atoms with Gasteiger partial charge in [-0.1, -0.05) is 25.5 Å². The summed E-state index contributed by atoms with van der Waals surface area (Å²) in [6, 6.07) is 0. The Hall–Kier alpha value is -1.91. The molecule has 1 heterocycles. The molecule has 5 heteroatoms. The number of carbonyl (C=O) groups excluding carboxylic acids is 3. The first kappa shape index (κ1) is 15.5. The highest BCUT2D eigenvalue weighted by Crippen LogP contribution is 2.43. The highest BCUT2D eigenvalue weighted by atomic mass is 16.6. The number of allylic oxidation sites excluding steroid dienone is 2. The molecule has 1 aliphatic heterocycles. The van der Waals surface area contributed by atoms with Crippen molar-refractivity contribution in [2.24, 2.45) is 17.8 Å². The van der Waals surface area contributed by atoms with Crippen LogP contribution >= 0.6 is 0 Å². The fraction of sp³-hybridized carbons (Fsp3) is 0.562. The van der Waals surface area contributed by atoms with Crippen molar-refractivity contribution < 1.29 is 23.9 Å². The first-order valence-electron chi connectivity index (χ1n) is 7.39. The smallest absolute Gasteiger partial charge is 0.338 e. The van der Waals surface area contributed by atoms with Crippen LogP contribution in [0.5, 0.6) is 0 Å². The molecule has 0 radical (unpaired) electrons. The van der Waals surface area contributed by atoms with Crippen LogP contribution in [0.1, 0.15) is 32.6 Å². The van der Waals surface area contributed by atoms with Gasteiger partial charge in [-0.2, -0.15) is 0 Å². The van der Waals surface area contributed by atoms with Crippen LogP contribution in [0.3, 0.4) is 0 Å². The number of hydrogen-bond donors (Lipinski definition) is 0. The number of carbonyl (C=O) groups is 3. The van der Waals surface area contributed by atoms with Gasteiger partial charge in [0, 0.05) is 12.2 Å². The highest BCUT2D eigenvalue weighted by Gasteiger charge is 2.40. The summed E-state index contributed by atoms with van der Waals surface area (Å²) in [5, 5.41) is 0. The molecule has 0 spiro atoms. The van der Waals surface area contributed by atoms with Crippen molar-refractivity contribution >= 4 is 17.9 Å². The molecule has 0 saturated heterocycles. The summed E-state index contributed by atoms with van der Waals surface area (Å²) in [6.45, 7) is 2.71. The van der Waals surface area contributed by atoms with Gasteiger partial charge in [-0.15, -0.1) is 0 Å². The van der Waals surface area contributed by atoms with Gasteiger partial charge in [0.15, 0.2) is 0 Å². The molecule has 3 aliphatic rings. The first-order chi connectivity index (χ1) is 10.1. The lowest BCUT2D eigenvalue weighted by atomic mass is 9.94. The van der Waals surface area contributed by atoms with E-state index in [1.165, 1.54) is 6.42 Å². The molecule has 114 valence electrons. The number of cyclic esters (lactones) is 2. The van der Waals surface area contributed by atoms with Crippen molar-refractivity contribution in [3.63, 3.8) is 0 Å². The topological polar surface area (TPSA) is 69.7 Å². The normalized spacial score (nSPS) is 28.3. The van der Waals surface area contributed by atoms with Crippen LogP contribution in [0.25, 0.3) is 0 Å². The number of esters is 3. The van der Waals surface area contributed by atoms with Gasteiger partial charge < -0.3 is 9.47 Å². The summed E-state index contributed by atoms with van der Waals surface area (Å²) in [6.07, 6.45) is 10.9. The van der Waals surface area contributed by atoms with E-state index in [9.17, 15) is 14.4 Å². The molecular formula is C16H20O5. The van der Waals surface area contributed by atoms with E-state index in [4.69, 9.17) is 4.74 Å². The van der Waals surface area contributed by atoms with Crippen LogP contribution in [-0.4, -0.2) is 24.5 Å². The van der Waals surface area contributed by atoms with Crippen LogP contribution in [-0.2, 0) is 23.9 Å². The summed E-state index contributed by atoms with van der Waals surface area (Å²) in [4.78, 5) is 31.5. The van der Waals surface area contributed by atoms with Crippen LogP contribution in [0, 0.1) is 17.8 Å². The maximum absolute atomic E-state index is 11.7. The number of hydrogen-bond acceptors (Lipinski definition) is 5. The number of fused-ring (bicyclic) bond motifs is 2. The van der Waals surface area contributed by atoms with E-state index in [1.807, 2.05) is 0 Å². The van der Waals surface area contributed by atoms with E-state index in [0.717, 1.165) is 31.4 Å². The first-order valence-corrected chi connectivity index (χ1v) is 7.39. The Bertz CT molecular complexity index is 461. The molecule has 3 unspecified atom stereocenters. The lowest BCUT2D eigenvalue weighted by Crippen LogP contribution is -2.21. The maximum Gasteiger partial charge on any atom is 0.338 e. The quantitative estimate of drug-likeness (QED) is 0.344. The molecule has 0 amide bonds. The molecule has 0 N–H and O–H groups in total. The molecule has 0 aromatic rings. The molecule has 1 fully saturated rings. The Morgan fingerprint density at radius 1 is 1.24 bits per heavy atom. The van der Waals surface area contributed by atoms with Gasteiger partial charge in [0.05, 0.1) is 12.5 Å². The second kappa shape index (κ2) is 7.20. The summed E-state index contributed by atoms with van der Waals surface area (Å²) in [5.41, 5.74) is 0. The average Bonchev–Trinajstić information content (AvgIpc) is 3.16. The van der Waals surface area contributed by atoms with E-state index in [2.05, 4.69) is 23.8 Å². The number of unbranched alkanes of at least 4 members (excludes halogenated alkanes) is 1. The third-order valence-electron chi connectivity index (χ3n) is 3.88. The van der Waals surface area contributed by atoms with Gasteiger partial charge in [0.2, 0.25) is 0 Å². The van der Waals surface area contributed by atoms with Crippen molar-refractivity contribution in [1.29, 1.82) is 0 Å². The van der Waals surface area contributed by atoms with Crippen LogP contribution in [0.4, 0.5) is 0 Å². The van der Waals surface area contributed by atoms with Gasteiger partial charge >= 0.3 is 17.9 Å². The van der Waals surface area contributed by atoms with Gasteiger partial charge in [-0.25, -0.2) is 9.59 Å². The Morgan fingerprint density at radius 2 is 1.95 bits per heavy atom. The van der Waals surface area contributed by atoms with Crippen molar-refractivity contribution in [3.05, 3.63) is 24.3 Å². The summed E-state index contributed by atoms with van der Waals surface area (Å²) in [7, 11) is 0. The highest BCUT2D eigenvalue weighted by molar-refractivity contribution is 6.04. The van der Waals surface area contributed by atoms with Crippen molar-refractivity contribution in [2.75, 3.05) is 6.61 Å². The molecule has 3 rings (SSSR count). The Labute approximate surface area is 124 Å². The second-order valence-corrected chi connectivity index (χ2v) is 5.48. The predicted octanol–water partition coefficient (Wildman–Crippen LogP) is 2.17. The Morgan fingerprint density at radius 3 is 2.38 bits per heavy atom. The zero-order chi connectivity index (χ0) is 15.2. The van der Waals surface area contributed by atoms with Crippen LogP contribution < -0.4 is 0 Å². The van der Waals surface area contributed by atoms with E-state index in [0.29, 0.717) is 18.4 Å². The fourth-order valence-corrected chi connectivity index (χ4v) is 2.78. The maximum atomic E-state index is 11.7. The predicted molar refractivity (Wildman–Crippen MR) is 75.0 cm³/mol. The molecule has 2 bridgehead atoms. The van der Waals surface area contributed by atoms with Crippen LogP contribution in [0.15, 0.2) is 24.3 Å². The molecule has 1 saturated carbocycles. The van der Waals surface area contributed by atoms with Gasteiger partial charge in [0.1, 0.15) is 0 Å². The number of rotatable bonds is 4. The molecule has 5 nitrogen and oxygen atoms in total. The van der Waals surface area contributed by atoms with Crippen molar-refractivity contribution in [2.45, 2.75) is 32.6 Å². The standard InChI is InChI=1S/C12H18O2.C4H2O3/c1-2-3-6-14-12(13)11-8-9-4-5-10(11)7-9;5-3-1-2-4(6)7-3/h4-5,9-11H,2-3,6-8H2,1H3;1-2H. The molecule has 0 aromatic carbocycles. The van der Waals surface area contributed by atoms with E-state index in [-0.39, 0.29) is 11.9 Å². The van der Waals surface area contributed by atoms with E-state index >= 15 is 0 Å². The monoisotopic (exact) mass is 292 g/mol. The van der Waals surface area contributed by atoms with Gasteiger partial charge in [-0.3, -0.25) is 4.79 Å². The molecule has 2 aliphatic carbocycles. The van der Waals surface area contributed by atoms with Crippen LogP contribution in [0.2, 0.25) is 0 Å². The Kier molecular flexibility index (Phi) is 5.31. The minimum absolute atomic E-state index is 0.0373. The van der Waals surface area contributed by atoms with Gasteiger partial charge in [-0.05, 0) is 31.1 Å². The van der Waals surface area contributed by atoms with Gasteiger partial charge in [0.25, 0.3) is 0 Å². The summed E-state index contributed by atoms with van der Waals surface area (Å²) in [5.74, 6) is 0.185. The van der Waals surface area contributed by atoms with Crippen molar-refractivity contribution in [3.8, 4) is 0 Å². The third kappa shape index (κ3) is 4.28. The molecule has 0 aromatic heterocycles. The average molecular weight is 292 g/mol. The SMILES string of the molecule is CCCCOC(=O)C1CC2C=CC1C2.O=C1C=CC(=O)O1. The minimum atomic E-state index is -0.579. The zero-order valence-corrected chi connectivity index (χ0v) is 12.1. The lowest BCUT2D eigenvalue weighted by molar-refractivity contribution is -0.151. The fourth-order valence-electron chi connectivity index (χ4n) is 2.78. The lowest BCUT2D eigenvalue weighted by Gasteiger charge is -2.16. The number of ether oxygens (including phenoxy) is 2. The molecule has 21 heavy (non-hydrogen) atoms. The third-order valence-corrected chi connectivity index (χ3v) is 3.88.